The van der Waals surface area contributed by atoms with E-state index in [0.717, 1.165) is 24.2 Å². The van der Waals surface area contributed by atoms with Crippen LogP contribution in [0.1, 0.15) is 123 Å². The third-order valence-electron chi connectivity index (χ3n) is 5.28. The fourth-order valence-corrected chi connectivity index (χ4v) is 3.19. The predicted molar refractivity (Wildman–Crippen MR) is 141 cm³/mol. The van der Waals surface area contributed by atoms with Gasteiger partial charge in [0.25, 0.3) is 0 Å². The smallest absolute Gasteiger partial charge is 0.305 e. The van der Waals surface area contributed by atoms with E-state index in [-0.39, 0.29) is 5.97 Å². The largest absolute Gasteiger partial charge is 0.496 e. The van der Waals surface area contributed by atoms with Crippen molar-refractivity contribution < 1.29 is 14.3 Å². The number of benzene rings is 1. The summed E-state index contributed by atoms with van der Waals surface area (Å²) in [5.41, 5.74) is 1.03. The third kappa shape index (κ3) is 22.9. The quantitative estimate of drug-likeness (QED) is 0.187. The fourth-order valence-electron chi connectivity index (χ4n) is 3.19. The fraction of sp³-hybridized carbons (Fsp3) is 0.690. The number of esters is 1. The van der Waals surface area contributed by atoms with Crippen molar-refractivity contribution in [2.45, 2.75) is 117 Å². The molecule has 0 radical (unpaired) electrons. The Balaban J connectivity index is 0. The molecule has 0 saturated heterocycles. The number of hydrogen-bond donors (Lipinski definition) is 0. The molecule has 1 rings (SSSR count). The molecule has 1 aromatic rings. The maximum Gasteiger partial charge on any atom is 0.305 e. The molecule has 0 unspecified atom stereocenters. The monoisotopic (exact) mass is 448 g/mol. The van der Waals surface area contributed by atoms with Crippen LogP contribution in [0.25, 0.3) is 6.08 Å². The lowest BCUT2D eigenvalue weighted by atomic mass is 10.1. The van der Waals surface area contributed by atoms with Crippen LogP contribution in [-0.2, 0) is 9.53 Å². The average Bonchev–Trinajstić information content (AvgIpc) is 2.84. The summed E-state index contributed by atoms with van der Waals surface area (Å²) in [4.78, 5) is 10.6. The number of rotatable bonds is 16. The van der Waals surface area contributed by atoms with Crippen LogP contribution in [0.4, 0.5) is 0 Å². The summed E-state index contributed by atoms with van der Waals surface area (Å²) in [6.45, 7) is 10.4. The Labute approximate surface area is 200 Å². The zero-order valence-corrected chi connectivity index (χ0v) is 21.9. The van der Waals surface area contributed by atoms with Crippen LogP contribution >= 0.6 is 0 Å². The molecule has 1 aromatic carbocycles. The van der Waals surface area contributed by atoms with Crippen LogP contribution in [0.5, 0.6) is 5.75 Å². The molecule has 0 atom stereocenters. The van der Waals surface area contributed by atoms with Crippen LogP contribution in [0.15, 0.2) is 30.8 Å². The molecule has 0 aromatic heterocycles. The highest BCUT2D eigenvalue weighted by atomic mass is 16.5. The second-order valence-electron chi connectivity index (χ2n) is 8.16. The molecular formula is C29H52O3. The van der Waals surface area contributed by atoms with Crippen molar-refractivity contribution in [2.24, 2.45) is 0 Å². The highest BCUT2D eigenvalue weighted by Crippen LogP contribution is 2.17. The lowest BCUT2D eigenvalue weighted by molar-refractivity contribution is -0.140. The zero-order valence-electron chi connectivity index (χ0n) is 21.9. The van der Waals surface area contributed by atoms with Crippen molar-refractivity contribution >= 4 is 12.0 Å². The second kappa shape index (κ2) is 27.3. The van der Waals surface area contributed by atoms with Crippen LogP contribution in [-0.4, -0.2) is 20.2 Å². The van der Waals surface area contributed by atoms with Crippen LogP contribution < -0.4 is 4.74 Å². The number of para-hydroxylation sites is 1. The first kappa shape index (κ1) is 32.4. The zero-order chi connectivity index (χ0) is 24.3. The average molecular weight is 449 g/mol. The Morgan fingerprint density at radius 3 is 1.56 bits per heavy atom. The molecule has 32 heavy (non-hydrogen) atoms. The van der Waals surface area contributed by atoms with Gasteiger partial charge in [0, 0.05) is 12.0 Å². The maximum atomic E-state index is 10.6. The minimum Gasteiger partial charge on any atom is -0.496 e. The molecule has 3 nitrogen and oxygen atoms in total. The minimum absolute atomic E-state index is 0.0819. The minimum atomic E-state index is -0.0819. The van der Waals surface area contributed by atoms with Crippen molar-refractivity contribution in [3.05, 3.63) is 36.4 Å². The van der Waals surface area contributed by atoms with E-state index in [9.17, 15) is 4.79 Å². The maximum absolute atomic E-state index is 10.6. The van der Waals surface area contributed by atoms with E-state index in [1.165, 1.54) is 84.2 Å². The topological polar surface area (TPSA) is 35.5 Å². The third-order valence-corrected chi connectivity index (χ3v) is 5.28. The van der Waals surface area contributed by atoms with Gasteiger partial charge in [-0.2, -0.15) is 0 Å². The van der Waals surface area contributed by atoms with Crippen LogP contribution in [0.3, 0.4) is 0 Å². The van der Waals surface area contributed by atoms with Crippen LogP contribution in [0.2, 0.25) is 0 Å². The van der Waals surface area contributed by atoms with E-state index in [2.05, 4.69) is 32.1 Å². The number of carbonyl (C=O) groups is 1. The normalized spacial score (nSPS) is 9.66. The molecule has 0 aliphatic rings. The van der Waals surface area contributed by atoms with E-state index in [4.69, 9.17) is 4.74 Å². The van der Waals surface area contributed by atoms with Crippen molar-refractivity contribution in [3.8, 4) is 5.75 Å². The molecule has 0 bridgehead atoms. The number of unbranched alkanes of at least 4 members (excludes halogenated alkanes) is 12. The first-order valence-electron chi connectivity index (χ1n) is 12.9. The second-order valence-corrected chi connectivity index (χ2v) is 8.16. The van der Waals surface area contributed by atoms with Gasteiger partial charge in [0.15, 0.2) is 0 Å². The van der Waals surface area contributed by atoms with Gasteiger partial charge >= 0.3 is 5.97 Å². The van der Waals surface area contributed by atoms with Gasteiger partial charge in [-0.1, -0.05) is 135 Å². The summed E-state index contributed by atoms with van der Waals surface area (Å²) in [6, 6.07) is 7.77. The van der Waals surface area contributed by atoms with Crippen molar-refractivity contribution in [3.63, 3.8) is 0 Å². The van der Waals surface area contributed by atoms with Gasteiger partial charge in [-0.3, -0.25) is 4.79 Å². The van der Waals surface area contributed by atoms with Gasteiger partial charge in [-0.25, -0.2) is 0 Å². The molecule has 0 aliphatic heterocycles. The van der Waals surface area contributed by atoms with E-state index in [0.29, 0.717) is 6.42 Å². The molecule has 0 fully saturated rings. The molecule has 3 heteroatoms. The molecule has 0 heterocycles. The highest BCUT2D eigenvalue weighted by molar-refractivity contribution is 5.68. The van der Waals surface area contributed by atoms with E-state index in [1.807, 2.05) is 24.3 Å². The van der Waals surface area contributed by atoms with E-state index < -0.39 is 0 Å². The number of methoxy groups -OCH3 is 2. The summed E-state index contributed by atoms with van der Waals surface area (Å²) >= 11 is 0. The number of hydrogen-bond acceptors (Lipinski definition) is 3. The van der Waals surface area contributed by atoms with Gasteiger partial charge in [-0.15, -0.1) is 0 Å². The summed E-state index contributed by atoms with van der Waals surface area (Å²) in [7, 11) is 3.09. The summed E-state index contributed by atoms with van der Waals surface area (Å²) in [6.07, 6.45) is 21.2. The molecule has 186 valence electrons. The van der Waals surface area contributed by atoms with Crippen molar-refractivity contribution in [1.29, 1.82) is 0 Å². The molecule has 0 aliphatic carbocycles. The van der Waals surface area contributed by atoms with Gasteiger partial charge in [-0.05, 0) is 12.5 Å². The SMILES string of the molecule is C=Cc1ccccc1OC.CCCCCCCC(=O)OC.CCCCCCCCCCC. The first-order valence-corrected chi connectivity index (χ1v) is 12.9. The Hall–Kier alpha value is -1.77. The lowest BCUT2D eigenvalue weighted by Gasteiger charge is -2.01. The molecule has 0 saturated carbocycles. The Morgan fingerprint density at radius 2 is 1.19 bits per heavy atom. The first-order chi connectivity index (χ1) is 15.6. The number of ether oxygens (including phenoxy) is 2. The highest BCUT2D eigenvalue weighted by Gasteiger charge is 1.98. The lowest BCUT2D eigenvalue weighted by Crippen LogP contribution is -1.98. The van der Waals surface area contributed by atoms with Crippen LogP contribution in [0, 0.1) is 0 Å². The van der Waals surface area contributed by atoms with Crippen molar-refractivity contribution in [1.82, 2.24) is 0 Å². The van der Waals surface area contributed by atoms with Gasteiger partial charge in [0.05, 0.1) is 14.2 Å². The Morgan fingerprint density at radius 1 is 0.750 bits per heavy atom. The van der Waals surface area contributed by atoms with Gasteiger partial charge in [0.2, 0.25) is 0 Å². The molecular weight excluding hydrogens is 396 g/mol. The molecule has 0 N–H and O–H groups in total. The molecule has 0 amide bonds. The Bertz CT molecular complexity index is 517. The summed E-state index contributed by atoms with van der Waals surface area (Å²) < 4.78 is 9.58. The Kier molecular flexibility index (Phi) is 27.6. The van der Waals surface area contributed by atoms with Gasteiger partial charge < -0.3 is 9.47 Å². The number of carbonyl (C=O) groups excluding carboxylic acids is 1. The van der Waals surface area contributed by atoms with E-state index >= 15 is 0 Å². The summed E-state index contributed by atoms with van der Waals surface area (Å²) in [5, 5.41) is 0. The van der Waals surface area contributed by atoms with E-state index in [1.54, 1.807) is 13.2 Å². The molecule has 0 spiro atoms. The predicted octanol–water partition coefficient (Wildman–Crippen LogP) is 9.40. The van der Waals surface area contributed by atoms with Crippen molar-refractivity contribution in [2.75, 3.05) is 14.2 Å². The summed E-state index contributed by atoms with van der Waals surface area (Å²) in [5.74, 6) is 0.791. The standard InChI is InChI=1S/C11H24.C9H18O2.C9H10O/c1-3-5-7-9-11-10-8-6-4-2;1-3-4-5-6-7-8-9(10)11-2;1-3-8-6-4-5-7-9(8)10-2/h3-11H2,1-2H3;3-8H2,1-2H3;3-7H,1H2,2H3. The van der Waals surface area contributed by atoms with Gasteiger partial charge in [0.1, 0.15) is 5.75 Å².